The molecule has 1 rings (SSSR count). The summed E-state index contributed by atoms with van der Waals surface area (Å²) >= 11 is 0. The number of hydrogen-bond acceptors (Lipinski definition) is 2. The normalized spacial score (nSPS) is 16.9. The third kappa shape index (κ3) is 4.35. The molecule has 0 unspecified atom stereocenters. The molecule has 0 aromatic heterocycles. The number of nitrogens with one attached hydrogen (secondary N) is 1. The van der Waals surface area contributed by atoms with Crippen molar-refractivity contribution in [2.75, 3.05) is 0 Å². The Morgan fingerprint density at radius 3 is 2.33 bits per heavy atom. The number of carboxylic acids is 1. The molecule has 0 atom stereocenters. The van der Waals surface area contributed by atoms with Gasteiger partial charge in [0.2, 0.25) is 5.91 Å². The van der Waals surface area contributed by atoms with Crippen molar-refractivity contribution < 1.29 is 14.7 Å². The van der Waals surface area contributed by atoms with Crippen molar-refractivity contribution in [2.45, 2.75) is 52.0 Å². The first-order chi connectivity index (χ1) is 8.35. The van der Waals surface area contributed by atoms with Gasteiger partial charge in [-0.2, -0.15) is 0 Å². The van der Waals surface area contributed by atoms with Crippen LogP contribution >= 0.6 is 0 Å². The molecule has 18 heavy (non-hydrogen) atoms. The van der Waals surface area contributed by atoms with E-state index >= 15 is 0 Å². The Kier molecular flexibility index (Phi) is 4.70. The van der Waals surface area contributed by atoms with Crippen LogP contribution in [0.2, 0.25) is 0 Å². The van der Waals surface area contributed by atoms with Crippen molar-refractivity contribution in [3.05, 3.63) is 23.3 Å². The van der Waals surface area contributed by atoms with Crippen molar-refractivity contribution in [2.24, 2.45) is 0 Å². The van der Waals surface area contributed by atoms with Gasteiger partial charge in [0.25, 0.3) is 0 Å². The predicted molar refractivity (Wildman–Crippen MR) is 70.2 cm³/mol. The van der Waals surface area contributed by atoms with E-state index in [2.05, 4.69) is 11.4 Å². The lowest BCUT2D eigenvalue weighted by Gasteiger charge is -2.10. The van der Waals surface area contributed by atoms with E-state index in [1.165, 1.54) is 11.6 Å². The molecule has 0 bridgehead atoms. The zero-order chi connectivity index (χ0) is 13.8. The van der Waals surface area contributed by atoms with Crippen LogP contribution in [0.1, 0.15) is 46.5 Å². The third-order valence-electron chi connectivity index (χ3n) is 2.99. The van der Waals surface area contributed by atoms with E-state index in [0.717, 1.165) is 18.4 Å². The maximum atomic E-state index is 11.6. The van der Waals surface area contributed by atoms with E-state index in [4.69, 9.17) is 5.11 Å². The molecule has 1 aliphatic rings. The van der Waals surface area contributed by atoms with Gasteiger partial charge in [-0.05, 0) is 46.5 Å². The Morgan fingerprint density at radius 2 is 1.89 bits per heavy atom. The van der Waals surface area contributed by atoms with Crippen LogP contribution in [0.5, 0.6) is 0 Å². The summed E-state index contributed by atoms with van der Waals surface area (Å²) < 4.78 is 0. The zero-order valence-electron chi connectivity index (χ0n) is 11.2. The average molecular weight is 251 g/mol. The molecule has 1 amide bonds. The zero-order valence-corrected chi connectivity index (χ0v) is 11.2. The third-order valence-corrected chi connectivity index (χ3v) is 2.99. The van der Waals surface area contributed by atoms with E-state index in [1.54, 1.807) is 0 Å². The summed E-state index contributed by atoms with van der Waals surface area (Å²) in [4.78, 5) is 22.6. The van der Waals surface area contributed by atoms with Gasteiger partial charge in [0, 0.05) is 6.08 Å². The molecule has 0 radical (unpaired) electrons. The number of allylic oxidation sites excluding steroid dienone is 3. The molecule has 100 valence electrons. The highest BCUT2D eigenvalue weighted by Crippen LogP contribution is 2.35. The standard InChI is InChI=1S/C14H21NO3/c1-10(2)5-4-6-11(3)9-12(16)15-14(7-8-14)13(17)18/h5,9H,4,6-8H2,1-3H3,(H,15,16)(H,17,18)/b11-9+. The summed E-state index contributed by atoms with van der Waals surface area (Å²) in [5.41, 5.74) is 1.23. The highest BCUT2D eigenvalue weighted by atomic mass is 16.4. The smallest absolute Gasteiger partial charge is 0.329 e. The van der Waals surface area contributed by atoms with Crippen LogP contribution in [0, 0.1) is 0 Å². The summed E-state index contributed by atoms with van der Waals surface area (Å²) in [6, 6.07) is 0. The monoisotopic (exact) mass is 251 g/mol. The van der Waals surface area contributed by atoms with Gasteiger partial charge in [-0.3, -0.25) is 4.79 Å². The molecule has 0 saturated heterocycles. The molecule has 4 nitrogen and oxygen atoms in total. The minimum absolute atomic E-state index is 0.301. The second kappa shape index (κ2) is 5.85. The van der Waals surface area contributed by atoms with Crippen molar-refractivity contribution >= 4 is 11.9 Å². The van der Waals surface area contributed by atoms with Crippen LogP contribution in [-0.2, 0) is 9.59 Å². The number of carboxylic acid groups (broad SMARTS) is 1. The number of amides is 1. The quantitative estimate of drug-likeness (QED) is 0.562. The van der Waals surface area contributed by atoms with Crippen molar-refractivity contribution in [1.29, 1.82) is 0 Å². The van der Waals surface area contributed by atoms with Crippen LogP contribution in [0.4, 0.5) is 0 Å². The second-order valence-corrected chi connectivity index (χ2v) is 5.19. The van der Waals surface area contributed by atoms with Crippen LogP contribution in [0.25, 0.3) is 0 Å². The molecular weight excluding hydrogens is 230 g/mol. The fourth-order valence-electron chi connectivity index (χ4n) is 1.67. The second-order valence-electron chi connectivity index (χ2n) is 5.19. The van der Waals surface area contributed by atoms with Crippen molar-refractivity contribution in [1.82, 2.24) is 5.32 Å². The molecule has 0 aromatic carbocycles. The minimum atomic E-state index is -0.992. The highest BCUT2D eigenvalue weighted by molar-refractivity contribution is 5.94. The van der Waals surface area contributed by atoms with Crippen molar-refractivity contribution in [3.8, 4) is 0 Å². The summed E-state index contributed by atoms with van der Waals surface area (Å²) in [5.74, 6) is -1.24. The first-order valence-corrected chi connectivity index (χ1v) is 6.22. The molecule has 1 aliphatic carbocycles. The number of carbonyl (C=O) groups is 2. The van der Waals surface area contributed by atoms with Crippen LogP contribution in [-0.4, -0.2) is 22.5 Å². The van der Waals surface area contributed by atoms with Gasteiger partial charge in [-0.25, -0.2) is 4.79 Å². The molecule has 2 N–H and O–H groups in total. The van der Waals surface area contributed by atoms with Gasteiger partial charge in [0.15, 0.2) is 0 Å². The fraction of sp³-hybridized carbons (Fsp3) is 0.571. The van der Waals surface area contributed by atoms with Gasteiger partial charge in [0.1, 0.15) is 5.54 Å². The van der Waals surface area contributed by atoms with Crippen molar-refractivity contribution in [3.63, 3.8) is 0 Å². The van der Waals surface area contributed by atoms with E-state index in [-0.39, 0.29) is 5.91 Å². The van der Waals surface area contributed by atoms with Gasteiger partial charge in [-0.1, -0.05) is 17.2 Å². The lowest BCUT2D eigenvalue weighted by molar-refractivity contribution is -0.142. The molecule has 1 fully saturated rings. The molecule has 4 heteroatoms. The maximum absolute atomic E-state index is 11.6. The van der Waals surface area contributed by atoms with Gasteiger partial charge >= 0.3 is 5.97 Å². The minimum Gasteiger partial charge on any atom is -0.480 e. The number of rotatable bonds is 6. The topological polar surface area (TPSA) is 66.4 Å². The number of aliphatic carboxylic acids is 1. The Balaban J connectivity index is 2.43. The molecule has 0 aromatic rings. The molecular formula is C14H21NO3. The SMILES string of the molecule is CC(C)=CCC/C(C)=C/C(=O)NC1(C(=O)O)CC1. The number of hydrogen-bond donors (Lipinski definition) is 2. The molecule has 1 saturated carbocycles. The van der Waals surface area contributed by atoms with Gasteiger partial charge in [-0.15, -0.1) is 0 Å². The fourth-order valence-corrected chi connectivity index (χ4v) is 1.67. The maximum Gasteiger partial charge on any atom is 0.329 e. The number of carbonyl (C=O) groups excluding carboxylic acids is 1. The van der Waals surface area contributed by atoms with E-state index in [0.29, 0.717) is 12.8 Å². The first-order valence-electron chi connectivity index (χ1n) is 6.22. The van der Waals surface area contributed by atoms with E-state index in [9.17, 15) is 9.59 Å². The Labute approximate surface area is 108 Å². The summed E-state index contributed by atoms with van der Waals surface area (Å²) in [6.45, 7) is 5.96. The molecule has 0 spiro atoms. The lowest BCUT2D eigenvalue weighted by atomic mass is 10.1. The van der Waals surface area contributed by atoms with E-state index in [1.807, 2.05) is 20.8 Å². The predicted octanol–water partition coefficient (Wildman–Crippen LogP) is 2.41. The van der Waals surface area contributed by atoms with Gasteiger partial charge in [0.05, 0.1) is 0 Å². The summed E-state index contributed by atoms with van der Waals surface area (Å²) in [6.07, 6.45) is 6.40. The molecule has 0 aliphatic heterocycles. The summed E-state index contributed by atoms with van der Waals surface area (Å²) in [7, 11) is 0. The van der Waals surface area contributed by atoms with Gasteiger partial charge < -0.3 is 10.4 Å². The van der Waals surface area contributed by atoms with E-state index < -0.39 is 11.5 Å². The highest BCUT2D eigenvalue weighted by Gasteiger charge is 2.51. The lowest BCUT2D eigenvalue weighted by Crippen LogP contribution is -2.42. The Hall–Kier alpha value is -1.58. The summed E-state index contributed by atoms with van der Waals surface area (Å²) in [5, 5.41) is 11.5. The van der Waals surface area contributed by atoms with Crippen LogP contribution in [0.3, 0.4) is 0 Å². The Morgan fingerprint density at radius 1 is 1.28 bits per heavy atom. The first kappa shape index (κ1) is 14.5. The average Bonchev–Trinajstić information content (AvgIpc) is 2.97. The van der Waals surface area contributed by atoms with Crippen LogP contribution < -0.4 is 5.32 Å². The van der Waals surface area contributed by atoms with Crippen LogP contribution in [0.15, 0.2) is 23.3 Å². The molecule has 0 heterocycles. The largest absolute Gasteiger partial charge is 0.480 e. The Bertz CT molecular complexity index is 399.